The van der Waals surface area contributed by atoms with Gasteiger partial charge in [-0.25, -0.2) is 13.8 Å². The van der Waals surface area contributed by atoms with Gasteiger partial charge >= 0.3 is 0 Å². The lowest BCUT2D eigenvalue weighted by molar-refractivity contribution is 0.102. The van der Waals surface area contributed by atoms with E-state index < -0.39 is 28.8 Å². The van der Waals surface area contributed by atoms with E-state index in [9.17, 15) is 18.4 Å². The number of carbonyl (C=O) groups excluding carboxylic acids is 1. The molecule has 2 aliphatic heterocycles. The van der Waals surface area contributed by atoms with Gasteiger partial charge in [-0.3, -0.25) is 9.59 Å². The van der Waals surface area contributed by atoms with Crippen molar-refractivity contribution >= 4 is 23.0 Å². The SMILES string of the molecule is CC(C)N1c2ccc(NC(=O)c3ccc(=O)n(-c4c(F)cccc4F)n3)c(N3CC[C@H](C)C3)c2CN1C. The number of halogens is 2. The summed E-state index contributed by atoms with van der Waals surface area (Å²) in [6.45, 7) is 8.94. The van der Waals surface area contributed by atoms with Gasteiger partial charge < -0.3 is 15.2 Å². The summed E-state index contributed by atoms with van der Waals surface area (Å²) >= 11 is 0. The van der Waals surface area contributed by atoms with E-state index in [0.717, 1.165) is 54.6 Å². The molecule has 0 aliphatic carbocycles. The fourth-order valence-electron chi connectivity index (χ4n) is 5.33. The molecule has 1 fully saturated rings. The molecule has 37 heavy (non-hydrogen) atoms. The Hall–Kier alpha value is -3.79. The number of hydrogen-bond donors (Lipinski definition) is 1. The van der Waals surface area contributed by atoms with E-state index in [1.54, 1.807) is 0 Å². The number of amides is 1. The third-order valence-electron chi connectivity index (χ3n) is 6.92. The number of nitrogens with one attached hydrogen (secondary N) is 1. The molecule has 10 heteroatoms. The van der Waals surface area contributed by atoms with Crippen molar-refractivity contribution in [3.8, 4) is 5.69 Å². The topological polar surface area (TPSA) is 73.7 Å². The van der Waals surface area contributed by atoms with Crippen LogP contribution >= 0.6 is 0 Å². The van der Waals surface area contributed by atoms with Gasteiger partial charge in [0.15, 0.2) is 11.6 Å². The fraction of sp³-hybridized carbons (Fsp3) is 0.370. The predicted octanol–water partition coefficient (Wildman–Crippen LogP) is 4.18. The zero-order valence-corrected chi connectivity index (χ0v) is 21.3. The van der Waals surface area contributed by atoms with Crippen LogP contribution in [0.5, 0.6) is 0 Å². The van der Waals surface area contributed by atoms with Gasteiger partial charge in [0.2, 0.25) is 0 Å². The summed E-state index contributed by atoms with van der Waals surface area (Å²) in [5.74, 6) is -1.95. The fourth-order valence-corrected chi connectivity index (χ4v) is 5.33. The summed E-state index contributed by atoms with van der Waals surface area (Å²) in [6, 6.07) is 9.75. The van der Waals surface area contributed by atoms with Crippen LogP contribution < -0.4 is 20.8 Å². The van der Waals surface area contributed by atoms with Gasteiger partial charge in [-0.15, -0.1) is 0 Å². The first kappa shape index (κ1) is 24.9. The van der Waals surface area contributed by atoms with Crippen LogP contribution in [0.4, 0.5) is 25.8 Å². The molecular formula is C27H30F2N6O2. The molecular weight excluding hydrogens is 478 g/mol. The molecule has 0 spiro atoms. The van der Waals surface area contributed by atoms with Crippen LogP contribution in [0.15, 0.2) is 47.3 Å². The summed E-state index contributed by atoms with van der Waals surface area (Å²) in [4.78, 5) is 28.0. The summed E-state index contributed by atoms with van der Waals surface area (Å²) in [6.07, 6.45) is 1.06. The first-order valence-corrected chi connectivity index (χ1v) is 12.4. The molecule has 3 heterocycles. The number of benzene rings is 2. The van der Waals surface area contributed by atoms with Crippen molar-refractivity contribution in [1.82, 2.24) is 14.8 Å². The average Bonchev–Trinajstić information content (AvgIpc) is 3.41. The van der Waals surface area contributed by atoms with Crippen LogP contribution in [0.2, 0.25) is 0 Å². The van der Waals surface area contributed by atoms with E-state index in [-0.39, 0.29) is 11.7 Å². The van der Waals surface area contributed by atoms with Gasteiger partial charge in [0.05, 0.1) is 17.1 Å². The molecule has 1 atom stereocenters. The summed E-state index contributed by atoms with van der Waals surface area (Å²) in [7, 11) is 2.05. The van der Waals surface area contributed by atoms with Gasteiger partial charge in [-0.05, 0) is 56.5 Å². The van der Waals surface area contributed by atoms with E-state index in [1.807, 2.05) is 19.2 Å². The second-order valence-corrected chi connectivity index (χ2v) is 10.0. The van der Waals surface area contributed by atoms with E-state index >= 15 is 0 Å². The highest BCUT2D eigenvalue weighted by Gasteiger charge is 2.33. The summed E-state index contributed by atoms with van der Waals surface area (Å²) < 4.78 is 29.3. The lowest BCUT2D eigenvalue weighted by Gasteiger charge is -2.31. The van der Waals surface area contributed by atoms with Crippen LogP contribution in [-0.2, 0) is 6.54 Å². The van der Waals surface area contributed by atoms with Crippen LogP contribution in [-0.4, -0.2) is 46.9 Å². The highest BCUT2D eigenvalue weighted by Crippen LogP contribution is 2.44. The van der Waals surface area contributed by atoms with Crippen molar-refractivity contribution in [3.05, 3.63) is 75.7 Å². The molecule has 8 nitrogen and oxygen atoms in total. The number of para-hydroxylation sites is 1. The first-order chi connectivity index (χ1) is 17.7. The number of carbonyl (C=O) groups is 1. The summed E-state index contributed by atoms with van der Waals surface area (Å²) in [5, 5.41) is 11.4. The number of nitrogens with zero attached hydrogens (tertiary/aromatic N) is 5. The number of anilines is 3. The normalized spacial score (nSPS) is 17.5. The monoisotopic (exact) mass is 508 g/mol. The smallest absolute Gasteiger partial charge is 0.276 e. The van der Waals surface area contributed by atoms with Crippen molar-refractivity contribution in [2.75, 3.05) is 35.4 Å². The van der Waals surface area contributed by atoms with E-state index in [2.05, 4.69) is 46.1 Å². The van der Waals surface area contributed by atoms with E-state index in [0.29, 0.717) is 22.8 Å². The highest BCUT2D eigenvalue weighted by atomic mass is 19.1. The maximum Gasteiger partial charge on any atom is 0.276 e. The third-order valence-corrected chi connectivity index (χ3v) is 6.92. The largest absolute Gasteiger partial charge is 0.369 e. The lowest BCUT2D eigenvalue weighted by Crippen LogP contribution is -2.39. The maximum absolute atomic E-state index is 14.3. The molecule has 0 bridgehead atoms. The molecule has 194 valence electrons. The molecule has 5 rings (SSSR count). The Balaban J connectivity index is 1.54. The van der Waals surface area contributed by atoms with Crippen LogP contribution in [0.1, 0.15) is 43.2 Å². The van der Waals surface area contributed by atoms with Crippen molar-refractivity contribution in [3.63, 3.8) is 0 Å². The molecule has 0 radical (unpaired) electrons. The first-order valence-electron chi connectivity index (χ1n) is 12.4. The molecule has 1 saturated heterocycles. The Bertz CT molecular complexity index is 1400. The van der Waals surface area contributed by atoms with Gasteiger partial charge in [0.25, 0.3) is 11.5 Å². The molecule has 0 unspecified atom stereocenters. The van der Waals surface area contributed by atoms with Crippen molar-refractivity contribution in [1.29, 1.82) is 0 Å². The molecule has 2 aliphatic rings. The van der Waals surface area contributed by atoms with Gasteiger partial charge in [-0.2, -0.15) is 9.78 Å². The Kier molecular flexibility index (Phi) is 6.45. The maximum atomic E-state index is 14.3. The number of fused-ring (bicyclic) bond motifs is 1. The Morgan fingerprint density at radius 3 is 2.46 bits per heavy atom. The van der Waals surface area contributed by atoms with E-state index in [4.69, 9.17) is 0 Å². The number of hydrogen-bond acceptors (Lipinski definition) is 6. The van der Waals surface area contributed by atoms with Gasteiger partial charge in [-0.1, -0.05) is 13.0 Å². The predicted molar refractivity (Wildman–Crippen MR) is 139 cm³/mol. The molecule has 1 amide bonds. The zero-order chi connectivity index (χ0) is 26.4. The van der Waals surface area contributed by atoms with Crippen LogP contribution in [0, 0.1) is 17.6 Å². The Labute approximate surface area is 214 Å². The second-order valence-electron chi connectivity index (χ2n) is 10.0. The molecule has 1 aromatic heterocycles. The standard InChI is InChI=1S/C27H30F2N6O2/c1-16(2)35-23-10-8-21(25(18(23)15-32(35)4)33-13-12-17(3)14-33)30-27(37)22-9-11-24(36)34(31-22)26-19(28)6-5-7-20(26)29/h5-11,16-17H,12-15H2,1-4H3,(H,30,37)/t17-/m0/s1. The van der Waals surface area contributed by atoms with Crippen molar-refractivity contribution < 1.29 is 13.6 Å². The molecule has 2 aromatic carbocycles. The summed E-state index contributed by atoms with van der Waals surface area (Å²) in [5.41, 5.74) is 2.34. The van der Waals surface area contributed by atoms with Gasteiger partial charge in [0, 0.05) is 44.4 Å². The number of hydrazine groups is 1. The number of aromatic nitrogens is 2. The Morgan fingerprint density at radius 1 is 1.08 bits per heavy atom. The molecule has 3 aromatic rings. The van der Waals surface area contributed by atoms with Crippen molar-refractivity contribution in [2.24, 2.45) is 5.92 Å². The van der Waals surface area contributed by atoms with Crippen LogP contribution in [0.3, 0.4) is 0 Å². The third kappa shape index (κ3) is 4.46. The lowest BCUT2D eigenvalue weighted by atomic mass is 10.1. The van der Waals surface area contributed by atoms with Crippen molar-refractivity contribution in [2.45, 2.75) is 39.8 Å². The Morgan fingerprint density at radius 2 is 1.81 bits per heavy atom. The minimum absolute atomic E-state index is 0.135. The van der Waals surface area contributed by atoms with Crippen LogP contribution in [0.25, 0.3) is 5.69 Å². The average molecular weight is 509 g/mol. The van der Waals surface area contributed by atoms with E-state index in [1.165, 1.54) is 12.1 Å². The minimum Gasteiger partial charge on any atom is -0.369 e. The minimum atomic E-state index is -0.949. The van der Waals surface area contributed by atoms with Gasteiger partial charge in [0.1, 0.15) is 11.4 Å². The molecule has 1 N–H and O–H groups in total. The zero-order valence-electron chi connectivity index (χ0n) is 21.3. The quantitative estimate of drug-likeness (QED) is 0.558. The molecule has 0 saturated carbocycles. The second kappa shape index (κ2) is 9.59. The number of rotatable bonds is 5. The highest BCUT2D eigenvalue weighted by molar-refractivity contribution is 6.05.